The van der Waals surface area contributed by atoms with Gasteiger partial charge in [0, 0.05) is 30.7 Å². The highest BCUT2D eigenvalue weighted by Gasteiger charge is 2.52. The van der Waals surface area contributed by atoms with Crippen molar-refractivity contribution in [2.75, 3.05) is 23.5 Å². The highest BCUT2D eigenvalue weighted by molar-refractivity contribution is 6.07. The zero-order valence-corrected chi connectivity index (χ0v) is 20.5. The number of carbonyl (C=O) groups excluding carboxylic acids is 3. The van der Waals surface area contributed by atoms with Crippen molar-refractivity contribution in [3.63, 3.8) is 0 Å². The number of nitrogens with zero attached hydrogens (tertiary/aromatic N) is 2. The number of amides is 2. The molecule has 0 aliphatic carbocycles. The Morgan fingerprint density at radius 3 is 2.56 bits per heavy atom. The number of β-lactam (4-membered cyclic amide) rings is 1. The quantitative estimate of drug-likeness (QED) is 0.313. The molecule has 2 N–H and O–H groups in total. The topological polar surface area (TPSA) is 117 Å². The van der Waals surface area contributed by atoms with Crippen LogP contribution in [0.4, 0.5) is 11.4 Å². The van der Waals surface area contributed by atoms with Gasteiger partial charge in [0.25, 0.3) is 5.91 Å². The van der Waals surface area contributed by atoms with Crippen molar-refractivity contribution >= 4 is 29.2 Å². The van der Waals surface area contributed by atoms with Crippen molar-refractivity contribution in [3.8, 4) is 5.75 Å². The van der Waals surface area contributed by atoms with E-state index in [0.717, 1.165) is 5.56 Å². The highest BCUT2D eigenvalue weighted by atomic mass is 16.6. The molecule has 0 aromatic heterocycles. The lowest BCUT2D eigenvalue weighted by Crippen LogP contribution is -2.54. The summed E-state index contributed by atoms with van der Waals surface area (Å²) in [6.45, 7) is 3.24. The molecule has 2 heterocycles. The van der Waals surface area contributed by atoms with Crippen molar-refractivity contribution in [3.05, 3.63) is 65.7 Å². The van der Waals surface area contributed by atoms with Gasteiger partial charge in [-0.15, -0.1) is 0 Å². The first-order valence-corrected chi connectivity index (χ1v) is 11.8. The smallest absolute Gasteiger partial charge is 0.304 e. The van der Waals surface area contributed by atoms with Crippen LogP contribution in [-0.4, -0.2) is 47.9 Å². The minimum absolute atomic E-state index is 0.0211. The lowest BCUT2D eigenvalue weighted by molar-refractivity contribution is -0.153. The molecule has 1 fully saturated rings. The lowest BCUT2D eigenvalue weighted by atomic mass is 9.83. The van der Waals surface area contributed by atoms with Crippen molar-refractivity contribution in [2.45, 2.75) is 45.1 Å². The number of methoxy groups -OCH3 is 1. The third-order valence-corrected chi connectivity index (χ3v) is 6.62. The Balaban J connectivity index is 1.60. The monoisotopic (exact) mass is 494 g/mol. The van der Waals surface area contributed by atoms with Gasteiger partial charge in [0.2, 0.25) is 5.91 Å². The fourth-order valence-corrected chi connectivity index (χ4v) is 4.65. The fourth-order valence-electron chi connectivity index (χ4n) is 4.65. The summed E-state index contributed by atoms with van der Waals surface area (Å²) in [4.78, 5) is 39.9. The summed E-state index contributed by atoms with van der Waals surface area (Å²) in [6.07, 6.45) is 3.44. The number of aliphatic hydroxyl groups is 2. The molecule has 0 radical (unpaired) electrons. The van der Waals surface area contributed by atoms with Crippen LogP contribution in [0.5, 0.6) is 5.75 Å². The normalized spacial score (nSPS) is 22.0. The van der Waals surface area contributed by atoms with E-state index < -0.39 is 29.6 Å². The van der Waals surface area contributed by atoms with Crippen molar-refractivity contribution in [2.24, 2.45) is 5.92 Å². The summed E-state index contributed by atoms with van der Waals surface area (Å²) in [6, 6.07) is 12.2. The van der Waals surface area contributed by atoms with Crippen LogP contribution >= 0.6 is 0 Å². The fraction of sp³-hybridized carbons (Fsp3) is 0.370. The van der Waals surface area contributed by atoms with Gasteiger partial charge in [-0.25, -0.2) is 0 Å². The Labute approximate surface area is 209 Å². The van der Waals surface area contributed by atoms with Crippen LogP contribution in [-0.2, 0) is 31.3 Å². The van der Waals surface area contributed by atoms with E-state index in [1.54, 1.807) is 61.5 Å². The molecule has 2 aliphatic rings. The van der Waals surface area contributed by atoms with E-state index in [-0.39, 0.29) is 25.5 Å². The van der Waals surface area contributed by atoms with Crippen molar-refractivity contribution < 1.29 is 34.1 Å². The predicted molar refractivity (Wildman–Crippen MR) is 132 cm³/mol. The van der Waals surface area contributed by atoms with Gasteiger partial charge < -0.3 is 24.6 Å². The minimum Gasteiger partial charge on any atom is -0.497 e. The van der Waals surface area contributed by atoms with E-state index in [2.05, 4.69) is 0 Å². The summed E-state index contributed by atoms with van der Waals surface area (Å²) < 4.78 is 10.5. The third-order valence-electron chi connectivity index (χ3n) is 6.62. The molecule has 2 aromatic rings. The molecule has 9 nitrogen and oxygen atoms in total. The molecule has 4 rings (SSSR count). The first kappa shape index (κ1) is 25.4. The molecular formula is C27H30N2O7. The number of benzene rings is 2. The standard InChI is InChI=1S/C27H30N2O7/c1-17(6-4-5-13-30)27(34)22-14-21(35-3)11-12-23(22)28(26(27)33)16-19-7-9-20(10-8-19)29-24(32)15-25(29)36-18(2)31/h4,6-12,14,17,25,30,34H,5,13,15-16H2,1-3H3/b6-4+/t17-,25?,27+/m1/s1. The predicted octanol–water partition coefficient (Wildman–Crippen LogP) is 2.63. The first-order valence-electron chi connectivity index (χ1n) is 11.8. The van der Waals surface area contributed by atoms with Gasteiger partial charge in [-0.3, -0.25) is 19.3 Å². The number of ether oxygens (including phenoxy) is 2. The van der Waals surface area contributed by atoms with E-state index in [1.165, 1.54) is 23.8 Å². The van der Waals surface area contributed by atoms with Crippen LogP contribution in [0.25, 0.3) is 0 Å². The zero-order chi connectivity index (χ0) is 26.0. The van der Waals surface area contributed by atoms with Gasteiger partial charge in [-0.2, -0.15) is 0 Å². The van der Waals surface area contributed by atoms with Crippen LogP contribution in [0.2, 0.25) is 0 Å². The van der Waals surface area contributed by atoms with Crippen LogP contribution in [0.3, 0.4) is 0 Å². The molecule has 9 heteroatoms. The number of anilines is 2. The number of fused-ring (bicyclic) bond motifs is 1. The molecule has 1 saturated heterocycles. The number of esters is 1. The van der Waals surface area contributed by atoms with Crippen molar-refractivity contribution in [1.29, 1.82) is 0 Å². The van der Waals surface area contributed by atoms with Gasteiger partial charge >= 0.3 is 5.97 Å². The Bertz CT molecular complexity index is 1190. The summed E-state index contributed by atoms with van der Waals surface area (Å²) in [7, 11) is 1.52. The average Bonchev–Trinajstić information content (AvgIpc) is 3.06. The number of rotatable bonds is 9. The van der Waals surface area contributed by atoms with Crippen LogP contribution in [0.1, 0.15) is 37.8 Å². The number of hydrogen-bond donors (Lipinski definition) is 2. The molecule has 2 amide bonds. The molecule has 36 heavy (non-hydrogen) atoms. The second-order valence-corrected chi connectivity index (χ2v) is 8.97. The highest BCUT2D eigenvalue weighted by Crippen LogP contribution is 2.47. The Morgan fingerprint density at radius 2 is 1.94 bits per heavy atom. The maximum absolute atomic E-state index is 13.6. The number of carbonyl (C=O) groups is 3. The molecule has 2 aromatic carbocycles. The molecule has 0 saturated carbocycles. The summed E-state index contributed by atoms with van der Waals surface area (Å²) >= 11 is 0. The molecule has 2 aliphatic heterocycles. The molecule has 190 valence electrons. The Kier molecular flexibility index (Phi) is 7.14. The Morgan fingerprint density at radius 1 is 1.22 bits per heavy atom. The second-order valence-electron chi connectivity index (χ2n) is 8.97. The van der Waals surface area contributed by atoms with Crippen LogP contribution < -0.4 is 14.5 Å². The second kappa shape index (κ2) is 10.1. The molecule has 0 bridgehead atoms. The Hall–Kier alpha value is -3.69. The van der Waals surface area contributed by atoms with Crippen molar-refractivity contribution in [1.82, 2.24) is 0 Å². The number of hydrogen-bond acceptors (Lipinski definition) is 7. The van der Waals surface area contributed by atoms with Gasteiger partial charge in [-0.05, 0) is 42.3 Å². The average molecular weight is 495 g/mol. The maximum atomic E-state index is 13.6. The molecule has 0 spiro atoms. The summed E-state index contributed by atoms with van der Waals surface area (Å²) in [5.74, 6) is -1.07. The third kappa shape index (κ3) is 4.47. The molecule has 3 atom stereocenters. The van der Waals surface area contributed by atoms with Gasteiger partial charge in [0.15, 0.2) is 11.8 Å². The van der Waals surface area contributed by atoms with E-state index in [9.17, 15) is 19.5 Å². The van der Waals surface area contributed by atoms with E-state index in [0.29, 0.717) is 29.1 Å². The minimum atomic E-state index is -1.79. The van der Waals surface area contributed by atoms with E-state index in [4.69, 9.17) is 14.6 Å². The number of aliphatic hydroxyl groups excluding tert-OH is 1. The molecular weight excluding hydrogens is 464 g/mol. The van der Waals surface area contributed by atoms with E-state index in [1.807, 2.05) is 0 Å². The van der Waals surface area contributed by atoms with Gasteiger partial charge in [0.1, 0.15) is 5.75 Å². The van der Waals surface area contributed by atoms with Gasteiger partial charge in [-0.1, -0.05) is 31.2 Å². The van der Waals surface area contributed by atoms with Gasteiger partial charge in [0.05, 0.1) is 25.8 Å². The maximum Gasteiger partial charge on any atom is 0.304 e. The largest absolute Gasteiger partial charge is 0.497 e. The van der Waals surface area contributed by atoms with Crippen LogP contribution in [0.15, 0.2) is 54.6 Å². The zero-order valence-electron chi connectivity index (χ0n) is 20.5. The summed E-state index contributed by atoms with van der Waals surface area (Å²) in [5.41, 5.74) is 0.636. The van der Waals surface area contributed by atoms with E-state index >= 15 is 0 Å². The first-order chi connectivity index (χ1) is 17.2. The van der Waals surface area contributed by atoms with Crippen LogP contribution in [0, 0.1) is 5.92 Å². The molecule has 1 unspecified atom stereocenters. The summed E-state index contributed by atoms with van der Waals surface area (Å²) in [5, 5.41) is 20.8. The lowest BCUT2D eigenvalue weighted by Gasteiger charge is -2.39. The SMILES string of the molecule is COc1ccc2c(c1)[C@@](O)([C@H](C)/C=C/CCO)C(=O)N2Cc1ccc(N2C(=O)CC2OC(C)=O)cc1.